The molecule has 0 spiro atoms. The number of aromatic nitrogens is 4. The third-order valence-electron chi connectivity index (χ3n) is 4.34. The van der Waals surface area contributed by atoms with E-state index in [4.69, 9.17) is 9.26 Å². The van der Waals surface area contributed by atoms with Gasteiger partial charge in [0.25, 0.3) is 0 Å². The van der Waals surface area contributed by atoms with E-state index >= 15 is 0 Å². The highest BCUT2D eigenvalue weighted by Gasteiger charge is 2.34. The van der Waals surface area contributed by atoms with Crippen LogP contribution in [0.15, 0.2) is 47.2 Å². The van der Waals surface area contributed by atoms with Crippen molar-refractivity contribution in [2.24, 2.45) is 0 Å². The number of rotatable bonds is 7. The first-order valence-corrected chi connectivity index (χ1v) is 9.08. The molecule has 3 heterocycles. The van der Waals surface area contributed by atoms with Crippen LogP contribution in [-0.2, 0) is 4.79 Å². The van der Waals surface area contributed by atoms with E-state index in [0.717, 1.165) is 0 Å². The molecule has 1 fully saturated rings. The van der Waals surface area contributed by atoms with Crippen molar-refractivity contribution >= 4 is 11.6 Å². The van der Waals surface area contributed by atoms with E-state index in [1.807, 2.05) is 36.1 Å². The lowest BCUT2D eigenvalue weighted by atomic mass is 10.0. The molecule has 1 aliphatic heterocycles. The molecule has 1 N–H and O–H groups in total. The summed E-state index contributed by atoms with van der Waals surface area (Å²) < 4.78 is 10.9. The molecular formula is C19H20N6O3. The van der Waals surface area contributed by atoms with Crippen molar-refractivity contribution in [2.75, 3.05) is 31.6 Å². The van der Waals surface area contributed by atoms with Gasteiger partial charge in [-0.25, -0.2) is 9.97 Å². The Balaban J connectivity index is 1.29. The standard InChI is InChI=1S/C19H20N6O3/c1-2-27-15-7-4-3-6-14(15)22-16(26)12-25-10-13(11-25)19-23-18(24-28-19)17-20-8-5-9-21-17/h3-9,13H,2,10-12H2,1H3,(H,22,26). The van der Waals surface area contributed by atoms with Gasteiger partial charge in [-0.3, -0.25) is 9.69 Å². The Labute approximate surface area is 161 Å². The Morgan fingerprint density at radius 2 is 2.00 bits per heavy atom. The molecule has 1 amide bonds. The smallest absolute Gasteiger partial charge is 0.240 e. The van der Waals surface area contributed by atoms with Gasteiger partial charge in [0.2, 0.25) is 23.4 Å². The molecule has 0 bridgehead atoms. The van der Waals surface area contributed by atoms with Crippen LogP contribution in [0.3, 0.4) is 0 Å². The molecule has 0 radical (unpaired) electrons. The SMILES string of the molecule is CCOc1ccccc1NC(=O)CN1CC(c2nc(-c3ncccn3)no2)C1. The van der Waals surface area contributed by atoms with E-state index in [1.54, 1.807) is 18.5 Å². The first-order chi connectivity index (χ1) is 13.7. The molecule has 3 aromatic rings. The quantitative estimate of drug-likeness (QED) is 0.663. The van der Waals surface area contributed by atoms with Crippen molar-refractivity contribution in [3.05, 3.63) is 48.6 Å². The molecule has 1 aromatic carbocycles. The molecule has 1 aliphatic rings. The zero-order valence-corrected chi connectivity index (χ0v) is 15.4. The molecule has 9 nitrogen and oxygen atoms in total. The van der Waals surface area contributed by atoms with Crippen molar-refractivity contribution in [2.45, 2.75) is 12.8 Å². The van der Waals surface area contributed by atoms with E-state index < -0.39 is 0 Å². The highest BCUT2D eigenvalue weighted by molar-refractivity contribution is 5.93. The maximum Gasteiger partial charge on any atom is 0.240 e. The summed E-state index contributed by atoms with van der Waals surface area (Å²) in [5, 5.41) is 6.84. The second-order valence-corrected chi connectivity index (χ2v) is 6.40. The van der Waals surface area contributed by atoms with Gasteiger partial charge in [0.1, 0.15) is 5.75 Å². The minimum atomic E-state index is -0.0884. The van der Waals surface area contributed by atoms with E-state index in [9.17, 15) is 4.79 Å². The van der Waals surface area contributed by atoms with Crippen molar-refractivity contribution in [3.63, 3.8) is 0 Å². The molecule has 0 unspecified atom stereocenters. The van der Waals surface area contributed by atoms with Crippen LogP contribution in [0.4, 0.5) is 5.69 Å². The highest BCUT2D eigenvalue weighted by atomic mass is 16.5. The van der Waals surface area contributed by atoms with E-state index in [1.165, 1.54) is 0 Å². The fourth-order valence-corrected chi connectivity index (χ4v) is 3.01. The van der Waals surface area contributed by atoms with Crippen LogP contribution >= 0.6 is 0 Å². The van der Waals surface area contributed by atoms with Gasteiger partial charge in [-0.15, -0.1) is 0 Å². The van der Waals surface area contributed by atoms with Gasteiger partial charge in [0.15, 0.2) is 0 Å². The van der Waals surface area contributed by atoms with E-state index in [2.05, 4.69) is 25.4 Å². The van der Waals surface area contributed by atoms with Crippen LogP contribution in [0.1, 0.15) is 18.7 Å². The van der Waals surface area contributed by atoms with Gasteiger partial charge in [-0.05, 0) is 25.1 Å². The summed E-state index contributed by atoms with van der Waals surface area (Å²) in [6, 6.07) is 9.13. The fraction of sp³-hybridized carbons (Fsp3) is 0.316. The molecule has 0 saturated carbocycles. The zero-order valence-electron chi connectivity index (χ0n) is 15.4. The zero-order chi connectivity index (χ0) is 19.3. The first-order valence-electron chi connectivity index (χ1n) is 9.08. The maximum absolute atomic E-state index is 12.3. The summed E-state index contributed by atoms with van der Waals surface area (Å²) in [6.07, 6.45) is 3.26. The van der Waals surface area contributed by atoms with Crippen molar-refractivity contribution in [1.29, 1.82) is 0 Å². The number of benzene rings is 1. The molecular weight excluding hydrogens is 360 g/mol. The molecule has 0 atom stereocenters. The van der Waals surface area contributed by atoms with Gasteiger partial charge in [0, 0.05) is 25.5 Å². The van der Waals surface area contributed by atoms with Gasteiger partial charge in [-0.2, -0.15) is 4.98 Å². The third-order valence-corrected chi connectivity index (χ3v) is 4.34. The molecule has 1 saturated heterocycles. The van der Waals surface area contributed by atoms with Crippen LogP contribution in [0.5, 0.6) is 5.75 Å². The molecule has 28 heavy (non-hydrogen) atoms. The van der Waals surface area contributed by atoms with E-state index in [0.29, 0.717) is 55.2 Å². The number of nitrogens with zero attached hydrogens (tertiary/aromatic N) is 5. The molecule has 144 valence electrons. The minimum Gasteiger partial charge on any atom is -0.492 e. The van der Waals surface area contributed by atoms with Gasteiger partial charge >= 0.3 is 0 Å². The minimum absolute atomic E-state index is 0.0884. The summed E-state index contributed by atoms with van der Waals surface area (Å²) in [7, 11) is 0. The van der Waals surface area contributed by atoms with Gasteiger partial charge in [-0.1, -0.05) is 17.3 Å². The number of para-hydroxylation sites is 2. The number of likely N-dealkylation sites (tertiary alicyclic amines) is 1. The predicted octanol–water partition coefficient (Wildman–Crippen LogP) is 1.96. The number of anilines is 1. The predicted molar refractivity (Wildman–Crippen MR) is 101 cm³/mol. The van der Waals surface area contributed by atoms with Crippen LogP contribution in [0.2, 0.25) is 0 Å². The summed E-state index contributed by atoms with van der Waals surface area (Å²) in [5.74, 6) is 2.03. The lowest BCUT2D eigenvalue weighted by Gasteiger charge is -2.36. The van der Waals surface area contributed by atoms with Gasteiger partial charge < -0.3 is 14.6 Å². The monoisotopic (exact) mass is 380 g/mol. The van der Waals surface area contributed by atoms with Crippen molar-refractivity contribution in [3.8, 4) is 17.4 Å². The number of hydrogen-bond donors (Lipinski definition) is 1. The Morgan fingerprint density at radius 3 is 2.79 bits per heavy atom. The van der Waals surface area contributed by atoms with Crippen LogP contribution in [0.25, 0.3) is 11.6 Å². The molecule has 2 aromatic heterocycles. The molecule has 9 heteroatoms. The second-order valence-electron chi connectivity index (χ2n) is 6.40. The summed E-state index contributed by atoms with van der Waals surface area (Å²) in [4.78, 5) is 26.9. The van der Waals surface area contributed by atoms with Crippen LogP contribution in [-0.4, -0.2) is 57.2 Å². The first kappa shape index (κ1) is 18.1. The number of carbonyl (C=O) groups is 1. The topological polar surface area (TPSA) is 106 Å². The fourth-order valence-electron chi connectivity index (χ4n) is 3.01. The van der Waals surface area contributed by atoms with Crippen molar-refractivity contribution in [1.82, 2.24) is 25.0 Å². The lowest BCUT2D eigenvalue weighted by Crippen LogP contribution is -2.48. The van der Waals surface area contributed by atoms with Crippen LogP contribution < -0.4 is 10.1 Å². The Kier molecular flexibility index (Phi) is 5.24. The number of carbonyl (C=O) groups excluding carboxylic acids is 1. The largest absolute Gasteiger partial charge is 0.492 e. The Bertz CT molecular complexity index is 940. The Morgan fingerprint density at radius 1 is 1.21 bits per heavy atom. The molecule has 4 rings (SSSR count). The average molecular weight is 380 g/mol. The summed E-state index contributed by atoms with van der Waals surface area (Å²) >= 11 is 0. The maximum atomic E-state index is 12.3. The number of nitrogens with one attached hydrogen (secondary N) is 1. The Hall–Kier alpha value is -3.33. The number of hydrogen-bond acceptors (Lipinski definition) is 8. The average Bonchev–Trinajstić information content (AvgIpc) is 3.16. The summed E-state index contributed by atoms with van der Waals surface area (Å²) in [5.41, 5.74) is 0.677. The number of ether oxygens (including phenoxy) is 1. The summed E-state index contributed by atoms with van der Waals surface area (Å²) in [6.45, 7) is 4.10. The second kappa shape index (κ2) is 8.13. The normalized spacial score (nSPS) is 14.5. The lowest BCUT2D eigenvalue weighted by molar-refractivity contribution is -0.118. The third kappa shape index (κ3) is 3.99. The van der Waals surface area contributed by atoms with Crippen molar-refractivity contribution < 1.29 is 14.1 Å². The van der Waals surface area contributed by atoms with Gasteiger partial charge in [0.05, 0.1) is 24.8 Å². The highest BCUT2D eigenvalue weighted by Crippen LogP contribution is 2.27. The van der Waals surface area contributed by atoms with E-state index in [-0.39, 0.29) is 11.8 Å². The van der Waals surface area contributed by atoms with Crippen LogP contribution in [0, 0.1) is 0 Å². The number of amides is 1. The molecule has 0 aliphatic carbocycles.